The maximum atomic E-state index is 12.7. The molecule has 1 aromatic rings. The Labute approximate surface area is 349 Å². The molecule has 0 aliphatic carbocycles. The summed E-state index contributed by atoms with van der Waals surface area (Å²) >= 11 is 0. The molecule has 1 rings (SSSR count). The second-order valence-corrected chi connectivity index (χ2v) is 13.0. The monoisotopic (exact) mass is 820 g/mol. The Morgan fingerprint density at radius 2 is 1.08 bits per heavy atom. The van der Waals surface area contributed by atoms with Crippen LogP contribution in [-0.2, 0) is 54.5 Å². The normalized spacial score (nSPS) is 10.4. The van der Waals surface area contributed by atoms with Gasteiger partial charge in [0, 0.05) is 86.0 Å². The first-order valence-corrected chi connectivity index (χ1v) is 19.5. The van der Waals surface area contributed by atoms with Crippen molar-refractivity contribution in [2.45, 2.75) is 45.9 Å². The lowest BCUT2D eigenvalue weighted by atomic mass is 9.53. The molecular weight excluding hydrogens is 763 g/mol. The molecule has 59 heavy (non-hydrogen) atoms. The smallest absolute Gasteiger partial charge is 0.376 e. The van der Waals surface area contributed by atoms with E-state index in [1.54, 1.807) is 51.2 Å². The predicted molar refractivity (Wildman–Crippen MR) is 221 cm³/mol. The molecule has 0 spiro atoms. The van der Waals surface area contributed by atoms with Gasteiger partial charge in [0.25, 0.3) is 5.78 Å². The van der Waals surface area contributed by atoms with Gasteiger partial charge in [-0.2, -0.15) is 0 Å². The third-order valence-electron chi connectivity index (χ3n) is 8.48. The number of rotatable bonds is 31. The fraction of sp³-hybridized carbons (Fsp3) is 0.595. The number of likely N-dealkylation sites (N-methyl/N-ethyl adjacent to an activating group) is 1. The van der Waals surface area contributed by atoms with E-state index in [0.717, 1.165) is 12.1 Å². The van der Waals surface area contributed by atoms with E-state index in [4.69, 9.17) is 20.3 Å². The lowest BCUT2D eigenvalue weighted by Gasteiger charge is -2.24. The maximum Gasteiger partial charge on any atom is 0.376 e. The highest BCUT2D eigenvalue weighted by molar-refractivity contribution is 6.90. The van der Waals surface area contributed by atoms with Gasteiger partial charge in [-0.05, 0) is 25.3 Å². The predicted octanol–water partition coefficient (Wildman–Crippen LogP) is -3.62. The molecule has 22 heteroatoms. The number of nitrogens with one attached hydrogen (secondary N) is 5. The van der Waals surface area contributed by atoms with E-state index < -0.39 is 47.8 Å². The molecule has 0 atom stereocenters. The van der Waals surface area contributed by atoms with E-state index in [1.165, 1.54) is 14.7 Å². The summed E-state index contributed by atoms with van der Waals surface area (Å²) in [5.74, 6) is -4.85. The topological polar surface area (TPSA) is 236 Å². The second-order valence-electron chi connectivity index (χ2n) is 13.0. The van der Waals surface area contributed by atoms with Crippen LogP contribution in [0.4, 0.5) is 0 Å². The SMILES string of the molecule is [B][B]CC(=O)N(CCNC(=O)CN(CCNC)C(=O)C[B])CC(=O)NCCNCCN(CC(=O)NCCN(CC(=O)C(=O)OCc1ccccc1)C(=O)CC)C(=O)CC. The van der Waals surface area contributed by atoms with Crippen LogP contribution in [0.3, 0.4) is 0 Å². The lowest BCUT2D eigenvalue weighted by Crippen LogP contribution is -2.47. The maximum absolute atomic E-state index is 12.7. The summed E-state index contributed by atoms with van der Waals surface area (Å²) in [7, 11) is 13.7. The van der Waals surface area contributed by atoms with Crippen molar-refractivity contribution >= 4 is 75.9 Å². The molecule has 5 radical (unpaired) electrons. The summed E-state index contributed by atoms with van der Waals surface area (Å²) < 4.78 is 5.06. The van der Waals surface area contributed by atoms with Gasteiger partial charge in [0.1, 0.15) is 6.61 Å². The number of hydrogen-bond donors (Lipinski definition) is 5. The molecule has 0 aromatic heterocycles. The van der Waals surface area contributed by atoms with Crippen LogP contribution in [0.2, 0.25) is 12.6 Å². The van der Waals surface area contributed by atoms with Gasteiger partial charge < -0.3 is 50.9 Å². The summed E-state index contributed by atoms with van der Waals surface area (Å²) in [6, 6.07) is 8.81. The molecule has 0 fully saturated rings. The van der Waals surface area contributed by atoms with Gasteiger partial charge in [-0.25, -0.2) is 4.79 Å². The van der Waals surface area contributed by atoms with Crippen molar-refractivity contribution in [1.29, 1.82) is 0 Å². The number of benzene rings is 1. The van der Waals surface area contributed by atoms with Crippen LogP contribution >= 0.6 is 0 Å². The van der Waals surface area contributed by atoms with Crippen LogP contribution < -0.4 is 26.6 Å². The highest BCUT2D eigenvalue weighted by atomic mass is 16.5. The molecule has 5 N–H and O–H groups in total. The molecular formula is C37H57B3N9O10. The Morgan fingerprint density at radius 3 is 1.59 bits per heavy atom. The number of amides is 7. The van der Waals surface area contributed by atoms with Crippen LogP contribution in [0.5, 0.6) is 0 Å². The minimum atomic E-state index is -1.07. The summed E-state index contributed by atoms with van der Waals surface area (Å²) in [6.45, 7) is 3.55. The quantitative estimate of drug-likeness (QED) is 0.0212. The van der Waals surface area contributed by atoms with Crippen LogP contribution in [0, 0.1) is 0 Å². The molecule has 0 saturated heterocycles. The number of ketones is 1. The number of hydrogen-bond acceptors (Lipinski definition) is 12. The van der Waals surface area contributed by atoms with Gasteiger partial charge in [-0.1, -0.05) is 44.2 Å². The number of Topliss-reactive ketones (excluding diaryl/α,β-unsaturated/α-hetero) is 1. The fourth-order valence-corrected chi connectivity index (χ4v) is 5.24. The first kappa shape index (κ1) is 51.8. The third kappa shape index (κ3) is 22.5. The van der Waals surface area contributed by atoms with Gasteiger partial charge in [0.05, 0.1) is 41.2 Å². The summed E-state index contributed by atoms with van der Waals surface area (Å²) in [5.41, 5.74) is 0.701. The first-order chi connectivity index (χ1) is 28.3. The third-order valence-corrected chi connectivity index (χ3v) is 8.48. The molecule has 0 heterocycles. The highest BCUT2D eigenvalue weighted by Crippen LogP contribution is 2.03. The van der Waals surface area contributed by atoms with Gasteiger partial charge in [0.15, 0.2) is 0 Å². The molecule has 1 aromatic carbocycles. The van der Waals surface area contributed by atoms with Gasteiger partial charge in [-0.15, -0.1) is 0 Å². The van der Waals surface area contributed by atoms with E-state index in [-0.39, 0.29) is 116 Å². The molecule has 0 aliphatic rings. The number of ether oxygens (including phenoxy) is 1. The van der Waals surface area contributed by atoms with Crippen LogP contribution in [-0.4, -0.2) is 194 Å². The Morgan fingerprint density at radius 1 is 0.610 bits per heavy atom. The molecule has 19 nitrogen and oxygen atoms in total. The zero-order valence-electron chi connectivity index (χ0n) is 34.4. The van der Waals surface area contributed by atoms with Crippen molar-refractivity contribution in [2.24, 2.45) is 0 Å². The summed E-state index contributed by atoms with van der Waals surface area (Å²) in [6.07, 6.45) is -0.148. The molecule has 0 saturated carbocycles. The van der Waals surface area contributed by atoms with E-state index in [2.05, 4.69) is 26.6 Å². The van der Waals surface area contributed by atoms with Gasteiger partial charge in [-0.3, -0.25) is 38.4 Å². The number of esters is 1. The number of nitrogens with zero attached hydrogens (tertiary/aromatic N) is 4. The largest absolute Gasteiger partial charge is 0.455 e. The first-order valence-electron chi connectivity index (χ1n) is 19.5. The highest BCUT2D eigenvalue weighted by Gasteiger charge is 2.23. The lowest BCUT2D eigenvalue weighted by molar-refractivity contribution is -0.156. The van der Waals surface area contributed by atoms with Crippen molar-refractivity contribution in [2.75, 3.05) is 98.7 Å². The van der Waals surface area contributed by atoms with E-state index >= 15 is 0 Å². The van der Waals surface area contributed by atoms with Crippen molar-refractivity contribution in [3.05, 3.63) is 35.9 Å². The minimum absolute atomic E-state index is 0.0150. The van der Waals surface area contributed by atoms with Crippen LogP contribution in [0.25, 0.3) is 0 Å². The summed E-state index contributed by atoms with van der Waals surface area (Å²) in [5, 5.41) is 14.0. The van der Waals surface area contributed by atoms with Gasteiger partial charge in [0.2, 0.25) is 41.4 Å². The molecule has 319 valence electrons. The van der Waals surface area contributed by atoms with Crippen molar-refractivity contribution < 1.29 is 47.9 Å². The van der Waals surface area contributed by atoms with Crippen molar-refractivity contribution in [1.82, 2.24) is 46.2 Å². The van der Waals surface area contributed by atoms with E-state index in [1.807, 2.05) is 0 Å². The Balaban J connectivity index is 2.51. The Kier molecular flexibility index (Phi) is 27.0. The molecule has 0 bridgehead atoms. The number of carbonyl (C=O) groups excluding carboxylic acids is 9. The summed E-state index contributed by atoms with van der Waals surface area (Å²) in [4.78, 5) is 117. The zero-order chi connectivity index (χ0) is 44.0. The zero-order valence-corrected chi connectivity index (χ0v) is 34.4. The molecule has 0 unspecified atom stereocenters. The van der Waals surface area contributed by atoms with Crippen LogP contribution in [0.15, 0.2) is 30.3 Å². The van der Waals surface area contributed by atoms with Gasteiger partial charge >= 0.3 is 5.97 Å². The molecule has 0 aliphatic heterocycles. The van der Waals surface area contributed by atoms with Crippen LogP contribution in [0.1, 0.15) is 32.3 Å². The molecule has 7 amide bonds. The van der Waals surface area contributed by atoms with Crippen molar-refractivity contribution in [3.8, 4) is 0 Å². The van der Waals surface area contributed by atoms with E-state index in [9.17, 15) is 43.2 Å². The average Bonchev–Trinajstić information content (AvgIpc) is 3.23. The average molecular weight is 820 g/mol. The second kappa shape index (κ2) is 30.8. The van der Waals surface area contributed by atoms with E-state index in [0.29, 0.717) is 18.7 Å². The Hall–Kier alpha value is -5.24. The standard InChI is InChI=1S/C37H57B3N9O10/c1-4-33(54)46(23-29(50)37(58)59-27-28-9-7-6-8-10-28)19-15-44-31(52)24-47(34(55)5-2)18-14-42-11-12-43-30(51)26-49(36(57)22-40-39)20-16-45-32(53)25-48(17-13-41-3)35(56)21-38/h6-10,41-42H,4-5,11-27H2,1-3H3,(H,43,51)(H,44,52)(H,45,53). The fourth-order valence-electron chi connectivity index (χ4n) is 5.24. The Bertz CT molecular complexity index is 1530. The minimum Gasteiger partial charge on any atom is -0.455 e. The van der Waals surface area contributed by atoms with Crippen molar-refractivity contribution in [3.63, 3.8) is 0 Å². The number of carbonyl (C=O) groups is 9.